The summed E-state index contributed by atoms with van der Waals surface area (Å²) in [6.45, 7) is 7.50. The van der Waals surface area contributed by atoms with E-state index >= 15 is 0 Å². The topological polar surface area (TPSA) is 26.0 Å². The third-order valence-corrected chi connectivity index (χ3v) is 2.12. The largest absolute Gasteiger partial charge is 0.330 e. The molecule has 0 rings (SSSR count). The molecule has 0 fully saturated rings. The molecule has 0 saturated carbocycles. The highest BCUT2D eigenvalue weighted by atomic mass is 28.3. The summed E-state index contributed by atoms with van der Waals surface area (Å²) in [6.07, 6.45) is 6.16. The Balaban J connectivity index is 3.63. The molecule has 0 spiro atoms. The Labute approximate surface area is 77.1 Å². The predicted molar refractivity (Wildman–Crippen MR) is 58.6 cm³/mol. The fraction of sp³-hybridized carbons (Fsp3) is 0.600. The Hall–Kier alpha value is -0.523. The van der Waals surface area contributed by atoms with Crippen LogP contribution >= 0.6 is 0 Å². The van der Waals surface area contributed by atoms with Crippen molar-refractivity contribution in [2.45, 2.75) is 32.5 Å². The number of hydrogen-bond acceptors (Lipinski definition) is 1. The minimum Gasteiger partial charge on any atom is -0.330 e. The first-order chi connectivity index (χ1) is 5.56. The van der Waals surface area contributed by atoms with E-state index in [1.165, 1.54) is 0 Å². The first-order valence-corrected chi connectivity index (χ1v) is 7.94. The fourth-order valence-electron chi connectivity index (χ4n) is 0.636. The number of unbranched alkanes of at least 4 members (excludes halogenated alkanes) is 1. The van der Waals surface area contributed by atoms with Gasteiger partial charge in [-0.3, -0.25) is 0 Å². The SMILES string of the molecule is C[Si](C)(C)C#C/C=C/CCCN. The van der Waals surface area contributed by atoms with Gasteiger partial charge in [0.15, 0.2) is 0 Å². The van der Waals surface area contributed by atoms with E-state index < -0.39 is 8.07 Å². The summed E-state index contributed by atoms with van der Waals surface area (Å²) in [5, 5.41) is 0. The van der Waals surface area contributed by atoms with E-state index in [1.54, 1.807) is 0 Å². The lowest BCUT2D eigenvalue weighted by Crippen LogP contribution is -2.16. The van der Waals surface area contributed by atoms with Crippen LogP contribution in [0, 0.1) is 11.5 Å². The molecular formula is C10H19NSi. The number of allylic oxidation sites excluding steroid dienone is 2. The zero-order chi connectivity index (χ0) is 9.45. The molecule has 0 amide bonds. The molecule has 0 aliphatic rings. The molecule has 0 saturated heterocycles. The number of nitrogens with two attached hydrogens (primary N) is 1. The van der Waals surface area contributed by atoms with Crippen molar-refractivity contribution in [1.82, 2.24) is 0 Å². The zero-order valence-electron chi connectivity index (χ0n) is 8.35. The van der Waals surface area contributed by atoms with Gasteiger partial charge in [-0.2, -0.15) is 0 Å². The van der Waals surface area contributed by atoms with E-state index in [2.05, 4.69) is 37.2 Å². The van der Waals surface area contributed by atoms with Gasteiger partial charge in [0.05, 0.1) is 0 Å². The summed E-state index contributed by atoms with van der Waals surface area (Å²) >= 11 is 0. The van der Waals surface area contributed by atoms with Gasteiger partial charge in [-0.05, 0) is 25.5 Å². The Morgan fingerprint density at radius 1 is 1.33 bits per heavy atom. The summed E-state index contributed by atoms with van der Waals surface area (Å²) in [4.78, 5) is 0. The van der Waals surface area contributed by atoms with Crippen molar-refractivity contribution in [1.29, 1.82) is 0 Å². The quantitative estimate of drug-likeness (QED) is 0.403. The fourth-order valence-corrected chi connectivity index (χ4v) is 1.15. The van der Waals surface area contributed by atoms with Crippen LogP contribution in [-0.2, 0) is 0 Å². The minimum absolute atomic E-state index is 0.770. The van der Waals surface area contributed by atoms with Crippen LogP contribution in [0.15, 0.2) is 12.2 Å². The van der Waals surface area contributed by atoms with Crippen LogP contribution in [-0.4, -0.2) is 14.6 Å². The monoisotopic (exact) mass is 181 g/mol. The third kappa shape index (κ3) is 9.48. The molecule has 12 heavy (non-hydrogen) atoms. The Morgan fingerprint density at radius 2 is 2.00 bits per heavy atom. The van der Waals surface area contributed by atoms with Gasteiger partial charge in [0, 0.05) is 0 Å². The third-order valence-electron chi connectivity index (χ3n) is 1.22. The molecule has 0 heterocycles. The first-order valence-electron chi connectivity index (χ1n) is 4.44. The van der Waals surface area contributed by atoms with Crippen molar-refractivity contribution >= 4 is 8.07 Å². The molecule has 0 aromatic carbocycles. The van der Waals surface area contributed by atoms with Crippen LogP contribution in [0.3, 0.4) is 0 Å². The van der Waals surface area contributed by atoms with E-state index in [-0.39, 0.29) is 0 Å². The van der Waals surface area contributed by atoms with E-state index in [1.807, 2.05) is 6.08 Å². The average Bonchev–Trinajstić information content (AvgIpc) is 1.94. The maximum absolute atomic E-state index is 5.35. The van der Waals surface area contributed by atoms with Gasteiger partial charge in [0.25, 0.3) is 0 Å². The van der Waals surface area contributed by atoms with Gasteiger partial charge in [-0.25, -0.2) is 0 Å². The first kappa shape index (κ1) is 11.5. The van der Waals surface area contributed by atoms with Gasteiger partial charge in [-0.1, -0.05) is 31.6 Å². The van der Waals surface area contributed by atoms with Crippen LogP contribution in [0.5, 0.6) is 0 Å². The summed E-state index contributed by atoms with van der Waals surface area (Å²) in [5.74, 6) is 3.07. The Bertz CT molecular complexity index is 190. The maximum atomic E-state index is 5.35. The van der Waals surface area contributed by atoms with Gasteiger partial charge in [0.2, 0.25) is 0 Å². The lowest BCUT2D eigenvalue weighted by Gasteiger charge is -2.01. The van der Waals surface area contributed by atoms with Crippen LogP contribution in [0.4, 0.5) is 0 Å². The Kier molecular flexibility index (Phi) is 5.78. The number of hydrogen-bond donors (Lipinski definition) is 1. The standard InChI is InChI=1S/C10H19NSi/c1-12(2,3)10-8-6-4-5-7-9-11/h4,6H,5,7,9,11H2,1-3H3/b6-4+. The molecule has 0 aromatic rings. The number of rotatable bonds is 3. The van der Waals surface area contributed by atoms with Crippen LogP contribution < -0.4 is 5.73 Å². The molecule has 0 aliphatic carbocycles. The van der Waals surface area contributed by atoms with Crippen molar-refractivity contribution in [3.63, 3.8) is 0 Å². The highest BCUT2D eigenvalue weighted by molar-refractivity contribution is 6.83. The average molecular weight is 181 g/mol. The van der Waals surface area contributed by atoms with Gasteiger partial charge < -0.3 is 5.73 Å². The van der Waals surface area contributed by atoms with Crippen LogP contribution in [0.1, 0.15) is 12.8 Å². The van der Waals surface area contributed by atoms with Crippen molar-refractivity contribution in [2.24, 2.45) is 5.73 Å². The molecule has 68 valence electrons. The van der Waals surface area contributed by atoms with E-state index in [4.69, 9.17) is 5.73 Å². The molecule has 0 aliphatic heterocycles. The van der Waals surface area contributed by atoms with E-state index in [0.717, 1.165) is 19.4 Å². The Morgan fingerprint density at radius 3 is 2.50 bits per heavy atom. The lowest BCUT2D eigenvalue weighted by molar-refractivity contribution is 0.855. The molecular weight excluding hydrogens is 162 g/mol. The second-order valence-corrected chi connectivity index (χ2v) is 8.60. The highest BCUT2D eigenvalue weighted by Gasteiger charge is 2.06. The zero-order valence-corrected chi connectivity index (χ0v) is 9.35. The maximum Gasteiger partial charge on any atom is 0.129 e. The summed E-state index contributed by atoms with van der Waals surface area (Å²) < 4.78 is 0. The van der Waals surface area contributed by atoms with Gasteiger partial charge >= 0.3 is 0 Å². The molecule has 0 atom stereocenters. The molecule has 0 aromatic heterocycles. The summed E-state index contributed by atoms with van der Waals surface area (Å²) in [5.41, 5.74) is 8.62. The highest BCUT2D eigenvalue weighted by Crippen LogP contribution is 1.96. The van der Waals surface area contributed by atoms with Crippen molar-refractivity contribution in [3.8, 4) is 11.5 Å². The molecule has 0 unspecified atom stereocenters. The van der Waals surface area contributed by atoms with Gasteiger partial charge in [0.1, 0.15) is 8.07 Å². The second kappa shape index (κ2) is 6.04. The molecule has 0 bridgehead atoms. The molecule has 0 radical (unpaired) electrons. The molecule has 2 heteroatoms. The predicted octanol–water partition coefficient (Wildman–Crippen LogP) is 2.16. The van der Waals surface area contributed by atoms with Crippen molar-refractivity contribution in [3.05, 3.63) is 12.2 Å². The van der Waals surface area contributed by atoms with Crippen LogP contribution in [0.2, 0.25) is 19.6 Å². The van der Waals surface area contributed by atoms with E-state index in [9.17, 15) is 0 Å². The van der Waals surface area contributed by atoms with Gasteiger partial charge in [-0.15, -0.1) is 5.54 Å². The molecule has 1 nitrogen and oxygen atoms in total. The molecule has 2 N–H and O–H groups in total. The van der Waals surface area contributed by atoms with Crippen molar-refractivity contribution < 1.29 is 0 Å². The summed E-state index contributed by atoms with van der Waals surface area (Å²) in [7, 11) is -1.16. The minimum atomic E-state index is -1.16. The normalized spacial score (nSPS) is 11.3. The van der Waals surface area contributed by atoms with Crippen molar-refractivity contribution in [2.75, 3.05) is 6.54 Å². The lowest BCUT2D eigenvalue weighted by atomic mass is 10.3. The smallest absolute Gasteiger partial charge is 0.129 e. The van der Waals surface area contributed by atoms with Crippen LogP contribution in [0.25, 0.3) is 0 Å². The summed E-state index contributed by atoms with van der Waals surface area (Å²) in [6, 6.07) is 0. The second-order valence-electron chi connectivity index (χ2n) is 3.85. The van der Waals surface area contributed by atoms with E-state index in [0.29, 0.717) is 0 Å².